The van der Waals surface area contributed by atoms with Crippen LogP contribution >= 0.6 is 0 Å². The van der Waals surface area contributed by atoms with Gasteiger partial charge in [-0.25, -0.2) is 22.5 Å². The van der Waals surface area contributed by atoms with E-state index in [1.165, 1.54) is 27.4 Å². The third-order valence-electron chi connectivity index (χ3n) is 9.12. The van der Waals surface area contributed by atoms with Gasteiger partial charge >= 0.3 is 6.18 Å². The zero-order chi connectivity index (χ0) is 32.4. The first-order valence-electron chi connectivity index (χ1n) is 14.8. The minimum Gasteiger partial charge on any atom is -0.291 e. The van der Waals surface area contributed by atoms with Gasteiger partial charge in [0.15, 0.2) is 5.78 Å². The van der Waals surface area contributed by atoms with Crippen molar-refractivity contribution in [2.24, 2.45) is 18.4 Å². The first kappa shape index (κ1) is 30.4. The van der Waals surface area contributed by atoms with Gasteiger partial charge in [-0.15, -0.1) is 5.10 Å². The van der Waals surface area contributed by atoms with Crippen LogP contribution in [0.15, 0.2) is 65.8 Å². The standard InChI is InChI=1S/C31H29F4N7O3S/c1-40-18-37-29(39-40)46(44,45)41(17-19-2-3-19)25-7-4-21-13-27-20(16-38-42(27)24-8-5-23(32)6-9-24)14-30(21,15-25)28(43)26-12-22(10-11-36-26)31(33,34)35/h5-6,8-13,16,18-19,25H,2-4,7,14-15,17H2,1H3/t25-,30-/m0/s1. The maximum Gasteiger partial charge on any atom is 0.416 e. The monoisotopic (exact) mass is 655 g/mol. The molecule has 7 rings (SSSR count). The Hall–Kier alpha value is -4.24. The van der Waals surface area contributed by atoms with E-state index in [-0.39, 0.29) is 36.2 Å². The lowest BCUT2D eigenvalue weighted by molar-refractivity contribution is -0.137. The summed E-state index contributed by atoms with van der Waals surface area (Å²) in [6.07, 6.45) is 3.47. The highest BCUT2D eigenvalue weighted by molar-refractivity contribution is 7.89. The number of halogens is 4. The normalized spacial score (nSPS) is 21.5. The summed E-state index contributed by atoms with van der Waals surface area (Å²) < 4.78 is 87.0. The van der Waals surface area contributed by atoms with Crippen molar-refractivity contribution in [1.29, 1.82) is 0 Å². The molecule has 0 saturated heterocycles. The number of Topliss-reactive ketones (excluding diaryl/α,β-unsaturated/α-hetero) is 1. The summed E-state index contributed by atoms with van der Waals surface area (Å²) in [6.45, 7) is 0.226. The molecule has 0 amide bonds. The second-order valence-electron chi connectivity index (χ2n) is 12.2. The quantitative estimate of drug-likeness (QED) is 0.194. The van der Waals surface area contributed by atoms with E-state index in [1.54, 1.807) is 30.1 Å². The fraction of sp³-hybridized carbons (Fsp3) is 0.387. The van der Waals surface area contributed by atoms with E-state index in [0.717, 1.165) is 31.2 Å². The first-order valence-corrected chi connectivity index (χ1v) is 16.3. The van der Waals surface area contributed by atoms with Gasteiger partial charge in [0.2, 0.25) is 0 Å². The molecule has 2 fully saturated rings. The molecule has 10 nitrogen and oxygen atoms in total. The van der Waals surface area contributed by atoms with Gasteiger partial charge in [-0.1, -0.05) is 5.57 Å². The molecule has 15 heteroatoms. The van der Waals surface area contributed by atoms with Gasteiger partial charge in [-0.2, -0.15) is 22.6 Å². The van der Waals surface area contributed by atoms with Crippen LogP contribution in [0.5, 0.6) is 0 Å². The summed E-state index contributed by atoms with van der Waals surface area (Å²) in [5.41, 5.74) is -0.171. The van der Waals surface area contributed by atoms with Crippen molar-refractivity contribution in [2.45, 2.75) is 55.9 Å². The van der Waals surface area contributed by atoms with E-state index in [4.69, 9.17) is 0 Å². The summed E-state index contributed by atoms with van der Waals surface area (Å²) in [4.78, 5) is 22.6. The molecule has 0 N–H and O–H groups in total. The number of carbonyl (C=O) groups excluding carboxylic acids is 1. The molecule has 3 aromatic heterocycles. The molecule has 0 bridgehead atoms. The van der Waals surface area contributed by atoms with Crippen molar-refractivity contribution in [3.8, 4) is 5.69 Å². The molecule has 2 atom stereocenters. The average Bonchev–Trinajstić information content (AvgIpc) is 3.60. The number of hydrogen-bond acceptors (Lipinski definition) is 7. The summed E-state index contributed by atoms with van der Waals surface area (Å²) in [6, 6.07) is 6.67. The zero-order valence-electron chi connectivity index (χ0n) is 24.7. The van der Waals surface area contributed by atoms with Crippen molar-refractivity contribution in [3.63, 3.8) is 0 Å². The maximum atomic E-state index is 14.5. The Morgan fingerprint density at radius 2 is 1.87 bits per heavy atom. The Bertz CT molecular complexity index is 1970. The van der Waals surface area contributed by atoms with E-state index in [0.29, 0.717) is 35.4 Å². The number of aryl methyl sites for hydroxylation is 1. The number of ketones is 1. The number of aromatic nitrogens is 6. The summed E-state index contributed by atoms with van der Waals surface area (Å²) in [5.74, 6) is -0.875. The highest BCUT2D eigenvalue weighted by atomic mass is 32.2. The van der Waals surface area contributed by atoms with Crippen molar-refractivity contribution < 1.29 is 30.8 Å². The van der Waals surface area contributed by atoms with E-state index in [9.17, 15) is 30.8 Å². The van der Waals surface area contributed by atoms with E-state index in [2.05, 4.69) is 20.2 Å². The summed E-state index contributed by atoms with van der Waals surface area (Å²) >= 11 is 0. The van der Waals surface area contributed by atoms with Crippen LogP contribution in [0.4, 0.5) is 17.6 Å². The molecular weight excluding hydrogens is 626 g/mol. The van der Waals surface area contributed by atoms with Crippen LogP contribution in [0.1, 0.15) is 59.4 Å². The molecule has 240 valence electrons. The van der Waals surface area contributed by atoms with Gasteiger partial charge in [0, 0.05) is 25.8 Å². The largest absolute Gasteiger partial charge is 0.416 e. The van der Waals surface area contributed by atoms with Crippen molar-refractivity contribution in [2.75, 3.05) is 6.54 Å². The number of benzene rings is 1. The second kappa shape index (κ2) is 10.9. The van der Waals surface area contributed by atoms with Gasteiger partial charge in [0.1, 0.15) is 17.8 Å². The van der Waals surface area contributed by atoms with Crippen molar-refractivity contribution in [1.82, 2.24) is 33.8 Å². The molecule has 2 saturated carbocycles. The molecule has 0 radical (unpaired) electrons. The molecule has 3 aliphatic rings. The number of hydrogen-bond donors (Lipinski definition) is 0. The van der Waals surface area contributed by atoms with Crippen molar-refractivity contribution >= 4 is 21.9 Å². The number of rotatable bonds is 8. The average molecular weight is 656 g/mol. The van der Waals surface area contributed by atoms with Crippen LogP contribution in [0.2, 0.25) is 0 Å². The Morgan fingerprint density at radius 1 is 1.11 bits per heavy atom. The van der Waals surface area contributed by atoms with Crippen molar-refractivity contribution in [3.05, 3.63) is 89.0 Å². The lowest BCUT2D eigenvalue weighted by atomic mass is 9.60. The van der Waals surface area contributed by atoms with Crippen LogP contribution in [0.3, 0.4) is 0 Å². The lowest BCUT2D eigenvalue weighted by Gasteiger charge is -2.46. The molecule has 0 aliphatic heterocycles. The molecule has 4 aromatic rings. The molecule has 3 aliphatic carbocycles. The number of alkyl halides is 3. The molecule has 46 heavy (non-hydrogen) atoms. The zero-order valence-corrected chi connectivity index (χ0v) is 25.5. The van der Waals surface area contributed by atoms with Crippen LogP contribution in [-0.4, -0.2) is 60.6 Å². The number of fused-ring (bicyclic) bond motifs is 2. The lowest BCUT2D eigenvalue weighted by Crippen LogP contribution is -2.51. The third-order valence-corrected chi connectivity index (χ3v) is 10.8. The predicted molar refractivity (Wildman–Crippen MR) is 156 cm³/mol. The highest BCUT2D eigenvalue weighted by Crippen LogP contribution is 2.52. The van der Waals surface area contributed by atoms with Gasteiger partial charge in [0.25, 0.3) is 15.2 Å². The second-order valence-corrected chi connectivity index (χ2v) is 14.0. The number of nitrogens with zero attached hydrogens (tertiary/aromatic N) is 7. The minimum absolute atomic E-state index is 0.0234. The van der Waals surface area contributed by atoms with Gasteiger partial charge < -0.3 is 0 Å². The fourth-order valence-corrected chi connectivity index (χ4v) is 8.24. The molecule has 1 aromatic carbocycles. The number of pyridine rings is 1. The smallest absolute Gasteiger partial charge is 0.291 e. The predicted octanol–water partition coefficient (Wildman–Crippen LogP) is 5.02. The summed E-state index contributed by atoms with van der Waals surface area (Å²) in [7, 11) is -2.60. The number of allylic oxidation sites excluding steroid dienone is 1. The molecule has 3 heterocycles. The number of carbonyl (C=O) groups is 1. The Balaban J connectivity index is 1.33. The van der Waals surface area contributed by atoms with Crippen LogP contribution in [-0.2, 0) is 29.7 Å². The highest BCUT2D eigenvalue weighted by Gasteiger charge is 2.53. The van der Waals surface area contributed by atoms with E-state index < -0.39 is 44.8 Å². The topological polar surface area (TPSA) is 116 Å². The minimum atomic E-state index is -4.69. The first-order chi connectivity index (χ1) is 21.8. The Morgan fingerprint density at radius 3 is 2.54 bits per heavy atom. The van der Waals surface area contributed by atoms with Gasteiger partial charge in [0.05, 0.1) is 28.6 Å². The SMILES string of the molecule is Cn1cnc(S(=O)(=O)N(CC2CC2)[C@H]2CCC3=Cc4c(cnn4-c4ccc(F)cc4)C[C@]3(C(=O)c3cc(C(F)(F)F)ccn3)C2)n1. The molecule has 0 spiro atoms. The summed E-state index contributed by atoms with van der Waals surface area (Å²) in [5, 5.41) is 8.21. The Labute approximate surface area is 261 Å². The third kappa shape index (κ3) is 5.34. The molecular formula is C31H29F4N7O3S. The van der Waals surface area contributed by atoms with E-state index >= 15 is 0 Å². The van der Waals surface area contributed by atoms with Crippen LogP contribution in [0.25, 0.3) is 11.8 Å². The fourth-order valence-electron chi connectivity index (χ4n) is 6.63. The van der Waals surface area contributed by atoms with Crippen LogP contribution in [0, 0.1) is 17.2 Å². The van der Waals surface area contributed by atoms with Crippen LogP contribution < -0.4 is 0 Å². The Kier molecular flexibility index (Phi) is 7.23. The van der Waals surface area contributed by atoms with E-state index in [1.807, 2.05) is 6.08 Å². The van der Waals surface area contributed by atoms with Gasteiger partial charge in [-0.3, -0.25) is 14.5 Å². The number of sulfonamides is 1. The maximum absolute atomic E-state index is 14.5. The molecule has 0 unspecified atom stereocenters. The van der Waals surface area contributed by atoms with Gasteiger partial charge in [-0.05, 0) is 92.5 Å².